The lowest BCUT2D eigenvalue weighted by Gasteiger charge is -2.32. The van der Waals surface area contributed by atoms with Gasteiger partial charge in [0.05, 0.1) is 0 Å². The van der Waals surface area contributed by atoms with Crippen LogP contribution in [0.2, 0.25) is 0 Å². The summed E-state index contributed by atoms with van der Waals surface area (Å²) in [7, 11) is 0. The van der Waals surface area contributed by atoms with Crippen LogP contribution < -0.4 is 5.69 Å². The van der Waals surface area contributed by atoms with Crippen molar-refractivity contribution in [2.24, 2.45) is 0 Å². The minimum Gasteiger partial charge on any atom is -0.338 e. The monoisotopic (exact) mass is 326 g/mol. The Hall–Kier alpha value is -2.37. The number of amides is 1. The molecule has 2 aromatic rings. The highest BCUT2D eigenvalue weighted by Crippen LogP contribution is 2.36. The Morgan fingerprint density at radius 2 is 1.96 bits per heavy atom. The van der Waals surface area contributed by atoms with Crippen LogP contribution in [0.3, 0.4) is 0 Å². The standard InChI is InChI=1S/C18H22N4O2/c23-17(15-6-2-5-14(11-15)13-3-1-4-13)21-9-7-16(8-10-21)22-12-19-20-18(22)24/h2,5-6,11-13,16H,1,3-4,7-10H2,(H,20,24). The van der Waals surface area contributed by atoms with Gasteiger partial charge in [-0.15, -0.1) is 0 Å². The molecule has 2 fully saturated rings. The third-order valence-corrected chi connectivity index (χ3v) is 5.43. The van der Waals surface area contributed by atoms with Crippen molar-refractivity contribution in [3.8, 4) is 0 Å². The van der Waals surface area contributed by atoms with E-state index in [-0.39, 0.29) is 17.6 Å². The van der Waals surface area contributed by atoms with E-state index in [0.717, 1.165) is 18.4 Å². The molecule has 2 heterocycles. The smallest absolute Gasteiger partial charge is 0.338 e. The molecule has 2 aliphatic rings. The van der Waals surface area contributed by atoms with Crippen molar-refractivity contribution in [1.29, 1.82) is 0 Å². The first-order valence-corrected chi connectivity index (χ1v) is 8.73. The van der Waals surface area contributed by atoms with Crippen LogP contribution in [0.5, 0.6) is 0 Å². The van der Waals surface area contributed by atoms with Crippen LogP contribution in [0.1, 0.15) is 60.0 Å². The van der Waals surface area contributed by atoms with E-state index in [1.165, 1.54) is 24.8 Å². The molecule has 0 radical (unpaired) electrons. The largest absolute Gasteiger partial charge is 0.343 e. The molecule has 1 N–H and O–H groups in total. The number of likely N-dealkylation sites (tertiary alicyclic amines) is 1. The van der Waals surface area contributed by atoms with Crippen LogP contribution in [0.4, 0.5) is 0 Å². The summed E-state index contributed by atoms with van der Waals surface area (Å²) >= 11 is 0. The molecule has 1 amide bonds. The predicted molar refractivity (Wildman–Crippen MR) is 90.1 cm³/mol. The molecule has 6 nitrogen and oxygen atoms in total. The van der Waals surface area contributed by atoms with E-state index in [1.54, 1.807) is 10.9 Å². The Labute approximate surface area is 140 Å². The summed E-state index contributed by atoms with van der Waals surface area (Å²) in [5.41, 5.74) is 1.92. The molecule has 24 heavy (non-hydrogen) atoms. The number of nitrogens with zero attached hydrogens (tertiary/aromatic N) is 3. The maximum absolute atomic E-state index is 12.8. The van der Waals surface area contributed by atoms with Gasteiger partial charge in [-0.25, -0.2) is 9.89 Å². The first-order chi connectivity index (χ1) is 11.7. The summed E-state index contributed by atoms with van der Waals surface area (Å²) in [6.45, 7) is 1.35. The van der Waals surface area contributed by atoms with Gasteiger partial charge in [-0.05, 0) is 49.3 Å². The number of carbonyl (C=O) groups excluding carboxylic acids is 1. The van der Waals surface area contributed by atoms with E-state index in [4.69, 9.17) is 0 Å². The van der Waals surface area contributed by atoms with Crippen molar-refractivity contribution < 1.29 is 4.79 Å². The summed E-state index contributed by atoms with van der Waals surface area (Å²) in [6.07, 6.45) is 6.89. The van der Waals surface area contributed by atoms with Gasteiger partial charge in [-0.3, -0.25) is 9.36 Å². The highest BCUT2D eigenvalue weighted by atomic mass is 16.2. The zero-order chi connectivity index (χ0) is 16.5. The lowest BCUT2D eigenvalue weighted by atomic mass is 9.79. The van der Waals surface area contributed by atoms with Crippen LogP contribution >= 0.6 is 0 Å². The molecule has 0 atom stereocenters. The van der Waals surface area contributed by atoms with Gasteiger partial charge in [0.2, 0.25) is 0 Å². The second kappa shape index (κ2) is 6.26. The number of piperidine rings is 1. The molecule has 1 aliphatic carbocycles. The third kappa shape index (κ3) is 2.77. The van der Waals surface area contributed by atoms with Crippen molar-refractivity contribution in [2.75, 3.05) is 13.1 Å². The molecule has 1 aromatic carbocycles. The molecule has 1 aromatic heterocycles. The summed E-state index contributed by atoms with van der Waals surface area (Å²) in [5.74, 6) is 0.741. The Bertz CT molecular complexity index is 782. The zero-order valence-electron chi connectivity index (χ0n) is 13.6. The molecule has 1 saturated heterocycles. The number of aromatic nitrogens is 3. The summed E-state index contributed by atoms with van der Waals surface area (Å²) in [6, 6.07) is 8.24. The molecule has 1 saturated carbocycles. The minimum absolute atomic E-state index is 0.106. The first kappa shape index (κ1) is 15.2. The van der Waals surface area contributed by atoms with Gasteiger partial charge in [0, 0.05) is 24.7 Å². The zero-order valence-corrected chi connectivity index (χ0v) is 13.6. The van der Waals surface area contributed by atoms with Crippen LogP contribution in [0.15, 0.2) is 35.4 Å². The Morgan fingerprint density at radius 1 is 1.17 bits per heavy atom. The Kier molecular flexibility index (Phi) is 3.96. The number of aromatic amines is 1. The molecular weight excluding hydrogens is 304 g/mol. The fraction of sp³-hybridized carbons (Fsp3) is 0.500. The summed E-state index contributed by atoms with van der Waals surface area (Å²) in [4.78, 5) is 26.3. The van der Waals surface area contributed by atoms with E-state index in [9.17, 15) is 9.59 Å². The SMILES string of the molecule is O=C(c1cccc(C2CCC2)c1)N1CCC(n2cn[nH]c2=O)CC1. The number of benzene rings is 1. The minimum atomic E-state index is -0.173. The number of rotatable bonds is 3. The van der Waals surface area contributed by atoms with Gasteiger partial charge in [-0.2, -0.15) is 5.10 Å². The van der Waals surface area contributed by atoms with E-state index >= 15 is 0 Å². The van der Waals surface area contributed by atoms with Gasteiger partial charge in [0.25, 0.3) is 5.91 Å². The van der Waals surface area contributed by atoms with Crippen LogP contribution in [-0.2, 0) is 0 Å². The maximum Gasteiger partial charge on any atom is 0.343 e. The number of H-pyrrole nitrogens is 1. The lowest BCUT2D eigenvalue weighted by Crippen LogP contribution is -2.40. The van der Waals surface area contributed by atoms with Crippen molar-refractivity contribution in [3.05, 3.63) is 52.2 Å². The van der Waals surface area contributed by atoms with E-state index in [1.807, 2.05) is 17.0 Å². The van der Waals surface area contributed by atoms with Crippen LogP contribution in [0.25, 0.3) is 0 Å². The van der Waals surface area contributed by atoms with Crippen LogP contribution in [-0.4, -0.2) is 38.7 Å². The van der Waals surface area contributed by atoms with Gasteiger partial charge in [-0.1, -0.05) is 18.6 Å². The normalized spacial score (nSPS) is 19.2. The fourth-order valence-electron chi connectivity index (χ4n) is 3.71. The highest BCUT2D eigenvalue weighted by molar-refractivity contribution is 5.94. The molecule has 6 heteroatoms. The molecule has 4 rings (SSSR count). The molecule has 0 unspecified atom stereocenters. The molecule has 126 valence electrons. The van der Waals surface area contributed by atoms with Crippen molar-refractivity contribution in [1.82, 2.24) is 19.7 Å². The van der Waals surface area contributed by atoms with Gasteiger partial charge >= 0.3 is 5.69 Å². The van der Waals surface area contributed by atoms with Gasteiger partial charge in [0.1, 0.15) is 6.33 Å². The molecule has 1 aliphatic heterocycles. The summed E-state index contributed by atoms with van der Waals surface area (Å²) in [5, 5.41) is 6.21. The van der Waals surface area contributed by atoms with Gasteiger partial charge in [0.15, 0.2) is 0 Å². The van der Waals surface area contributed by atoms with Crippen molar-refractivity contribution in [3.63, 3.8) is 0 Å². The topological polar surface area (TPSA) is 71.0 Å². The van der Waals surface area contributed by atoms with E-state index in [0.29, 0.717) is 19.0 Å². The van der Waals surface area contributed by atoms with Gasteiger partial charge < -0.3 is 4.90 Å². The van der Waals surface area contributed by atoms with Crippen molar-refractivity contribution in [2.45, 2.75) is 44.1 Å². The predicted octanol–water partition coefficient (Wildman–Crippen LogP) is 2.32. The molecule has 0 bridgehead atoms. The Balaban J connectivity index is 1.43. The van der Waals surface area contributed by atoms with Crippen molar-refractivity contribution >= 4 is 5.91 Å². The fourth-order valence-corrected chi connectivity index (χ4v) is 3.71. The van der Waals surface area contributed by atoms with E-state index in [2.05, 4.69) is 22.3 Å². The van der Waals surface area contributed by atoms with Crippen LogP contribution in [0, 0.1) is 0 Å². The Morgan fingerprint density at radius 3 is 2.58 bits per heavy atom. The number of carbonyl (C=O) groups is 1. The lowest BCUT2D eigenvalue weighted by molar-refractivity contribution is 0.0693. The maximum atomic E-state index is 12.8. The average molecular weight is 326 g/mol. The number of hydrogen-bond acceptors (Lipinski definition) is 3. The first-order valence-electron chi connectivity index (χ1n) is 8.73. The highest BCUT2D eigenvalue weighted by Gasteiger charge is 2.26. The summed E-state index contributed by atoms with van der Waals surface area (Å²) < 4.78 is 1.64. The quantitative estimate of drug-likeness (QED) is 0.941. The number of nitrogens with one attached hydrogen (secondary N) is 1. The average Bonchev–Trinajstić information content (AvgIpc) is 2.99. The third-order valence-electron chi connectivity index (χ3n) is 5.43. The second-order valence-corrected chi connectivity index (χ2v) is 6.85. The molecular formula is C18H22N4O2. The van der Waals surface area contributed by atoms with E-state index < -0.39 is 0 Å². The second-order valence-electron chi connectivity index (χ2n) is 6.85. The number of hydrogen-bond donors (Lipinski definition) is 1. The molecule has 0 spiro atoms.